The zero-order valence-corrected chi connectivity index (χ0v) is 14.4. The lowest BCUT2D eigenvalue weighted by Crippen LogP contribution is -2.27. The average molecular weight is 353 g/mol. The molecule has 0 saturated heterocycles. The lowest BCUT2D eigenvalue weighted by atomic mass is 10.1. The monoisotopic (exact) mass is 352 g/mol. The number of halogens is 1. The molecule has 1 atom stereocenters. The van der Waals surface area contributed by atoms with Crippen LogP contribution in [0.5, 0.6) is 5.75 Å². The minimum absolute atomic E-state index is 0.0783. The van der Waals surface area contributed by atoms with Gasteiger partial charge in [0.15, 0.2) is 5.75 Å². The lowest BCUT2D eigenvalue weighted by Gasteiger charge is -2.22. The smallest absolute Gasteiger partial charge is 0.162 e. The van der Waals surface area contributed by atoms with Crippen LogP contribution in [0.1, 0.15) is 44.2 Å². The van der Waals surface area contributed by atoms with E-state index in [4.69, 9.17) is 4.74 Å². The summed E-state index contributed by atoms with van der Waals surface area (Å²) in [5.41, 5.74) is 1.92. The van der Waals surface area contributed by atoms with Crippen molar-refractivity contribution in [3.05, 3.63) is 40.4 Å². The highest BCUT2D eigenvalue weighted by molar-refractivity contribution is 9.10. The number of nitrogens with zero attached hydrogens (tertiary/aromatic N) is 3. The Bertz CT molecular complexity index is 597. The summed E-state index contributed by atoms with van der Waals surface area (Å²) >= 11 is 3.59. The highest BCUT2D eigenvalue weighted by atomic mass is 79.9. The van der Waals surface area contributed by atoms with Crippen molar-refractivity contribution in [1.29, 1.82) is 0 Å². The van der Waals surface area contributed by atoms with E-state index in [2.05, 4.69) is 52.1 Å². The third-order valence-corrected chi connectivity index (χ3v) is 3.92. The predicted octanol–water partition coefficient (Wildman–Crippen LogP) is 3.33. The quantitative estimate of drug-likeness (QED) is 0.866. The number of ether oxygens (including phenoxy) is 1. The average Bonchev–Trinajstić information content (AvgIpc) is 2.89. The van der Waals surface area contributed by atoms with E-state index in [9.17, 15) is 0 Å². The number of hydrogen-bond acceptors (Lipinski definition) is 4. The van der Waals surface area contributed by atoms with E-state index in [0.717, 1.165) is 28.2 Å². The molecular weight excluding hydrogens is 332 g/mol. The summed E-state index contributed by atoms with van der Waals surface area (Å²) in [7, 11) is 1.67. The number of hydrogen-bond donors (Lipinski definition) is 1. The Morgan fingerprint density at radius 2 is 2.19 bits per heavy atom. The zero-order valence-electron chi connectivity index (χ0n) is 12.8. The highest BCUT2D eigenvalue weighted by Crippen LogP contribution is 2.33. The van der Waals surface area contributed by atoms with Gasteiger partial charge in [0.05, 0.1) is 25.0 Å². The third kappa shape index (κ3) is 3.27. The van der Waals surface area contributed by atoms with Crippen LogP contribution in [0.4, 0.5) is 0 Å². The van der Waals surface area contributed by atoms with E-state index < -0.39 is 0 Å². The summed E-state index contributed by atoms with van der Waals surface area (Å²) in [6.07, 6.45) is 3.56. The standard InChI is InChI=1S/C15H21BrN4O/c1-5-17-14(13-11(16)7-6-8-18-13)15-12(21-4)9-19-20(15)10(2)3/h6-10,14,17H,5H2,1-4H3. The number of methoxy groups -OCH3 is 1. The van der Waals surface area contributed by atoms with Gasteiger partial charge in [-0.3, -0.25) is 9.67 Å². The molecule has 2 aromatic heterocycles. The fourth-order valence-corrected chi connectivity index (χ4v) is 2.82. The fourth-order valence-electron chi connectivity index (χ4n) is 2.34. The molecule has 0 aromatic carbocycles. The molecule has 114 valence electrons. The molecule has 5 nitrogen and oxygen atoms in total. The second-order valence-electron chi connectivity index (χ2n) is 5.00. The summed E-state index contributed by atoms with van der Waals surface area (Å²) in [6.45, 7) is 7.10. The lowest BCUT2D eigenvalue weighted by molar-refractivity contribution is 0.393. The van der Waals surface area contributed by atoms with Crippen LogP contribution in [0.2, 0.25) is 0 Å². The van der Waals surface area contributed by atoms with Gasteiger partial charge < -0.3 is 10.1 Å². The maximum atomic E-state index is 5.50. The van der Waals surface area contributed by atoms with Gasteiger partial charge in [0, 0.05) is 16.7 Å². The number of nitrogens with one attached hydrogen (secondary N) is 1. The van der Waals surface area contributed by atoms with Crippen LogP contribution in [-0.2, 0) is 0 Å². The minimum atomic E-state index is -0.0783. The molecule has 0 aliphatic rings. The Balaban J connectivity index is 2.58. The number of rotatable bonds is 6. The Labute approximate surface area is 133 Å². The van der Waals surface area contributed by atoms with Gasteiger partial charge in [-0.25, -0.2) is 0 Å². The molecule has 1 N–H and O–H groups in total. The molecule has 0 aliphatic heterocycles. The molecule has 0 amide bonds. The Morgan fingerprint density at radius 3 is 2.76 bits per heavy atom. The van der Waals surface area contributed by atoms with Gasteiger partial charge >= 0.3 is 0 Å². The summed E-state index contributed by atoms with van der Waals surface area (Å²) in [5.74, 6) is 0.771. The van der Waals surface area contributed by atoms with E-state index in [-0.39, 0.29) is 12.1 Å². The Kier molecular flexibility index (Phi) is 5.36. The fraction of sp³-hybridized carbons (Fsp3) is 0.467. The molecule has 6 heteroatoms. The molecule has 2 rings (SSSR count). The Morgan fingerprint density at radius 1 is 1.43 bits per heavy atom. The van der Waals surface area contributed by atoms with Crippen LogP contribution < -0.4 is 10.1 Å². The zero-order chi connectivity index (χ0) is 15.4. The van der Waals surface area contributed by atoms with Crippen LogP contribution in [0, 0.1) is 0 Å². The van der Waals surface area contributed by atoms with Crippen molar-refractivity contribution >= 4 is 15.9 Å². The molecule has 2 aromatic rings. The first-order chi connectivity index (χ1) is 10.1. The van der Waals surface area contributed by atoms with Crippen LogP contribution in [0.25, 0.3) is 0 Å². The van der Waals surface area contributed by atoms with Gasteiger partial charge in [-0.2, -0.15) is 5.10 Å². The molecule has 1 unspecified atom stereocenters. The molecule has 0 saturated carbocycles. The van der Waals surface area contributed by atoms with Crippen LogP contribution in [0.15, 0.2) is 29.0 Å². The second-order valence-corrected chi connectivity index (χ2v) is 5.85. The maximum Gasteiger partial charge on any atom is 0.162 e. The normalized spacial score (nSPS) is 12.7. The van der Waals surface area contributed by atoms with Crippen molar-refractivity contribution in [2.24, 2.45) is 0 Å². The molecule has 0 aliphatic carbocycles. The summed E-state index contributed by atoms with van der Waals surface area (Å²) in [4.78, 5) is 4.52. The summed E-state index contributed by atoms with van der Waals surface area (Å²) < 4.78 is 8.44. The van der Waals surface area contributed by atoms with Crippen molar-refractivity contribution in [3.63, 3.8) is 0 Å². The minimum Gasteiger partial charge on any atom is -0.493 e. The van der Waals surface area contributed by atoms with Gasteiger partial charge in [-0.05, 0) is 48.5 Å². The van der Waals surface area contributed by atoms with Crippen molar-refractivity contribution in [3.8, 4) is 5.75 Å². The first kappa shape index (κ1) is 16.0. The highest BCUT2D eigenvalue weighted by Gasteiger charge is 2.26. The third-order valence-electron chi connectivity index (χ3n) is 3.25. The summed E-state index contributed by atoms with van der Waals surface area (Å²) in [5, 5.41) is 7.93. The van der Waals surface area contributed by atoms with Crippen LogP contribution in [-0.4, -0.2) is 28.4 Å². The molecule has 2 heterocycles. The second kappa shape index (κ2) is 7.04. The van der Waals surface area contributed by atoms with Gasteiger partial charge in [0.2, 0.25) is 0 Å². The van der Waals surface area contributed by atoms with Crippen molar-refractivity contribution in [1.82, 2.24) is 20.1 Å². The molecule has 0 bridgehead atoms. The van der Waals surface area contributed by atoms with Crippen molar-refractivity contribution in [2.45, 2.75) is 32.9 Å². The van der Waals surface area contributed by atoms with E-state index >= 15 is 0 Å². The van der Waals surface area contributed by atoms with E-state index in [0.29, 0.717) is 0 Å². The SMILES string of the molecule is CCNC(c1ncccc1Br)c1c(OC)cnn1C(C)C. The van der Waals surface area contributed by atoms with Gasteiger partial charge in [0.1, 0.15) is 5.69 Å². The van der Waals surface area contributed by atoms with E-state index in [1.807, 2.05) is 16.8 Å². The molecule has 0 radical (unpaired) electrons. The molecular formula is C15H21BrN4O. The largest absolute Gasteiger partial charge is 0.493 e. The maximum absolute atomic E-state index is 5.50. The predicted molar refractivity (Wildman–Crippen MR) is 86.6 cm³/mol. The number of aromatic nitrogens is 3. The van der Waals surface area contributed by atoms with Crippen molar-refractivity contribution < 1.29 is 4.74 Å². The van der Waals surface area contributed by atoms with Gasteiger partial charge in [-0.15, -0.1) is 0 Å². The van der Waals surface area contributed by atoms with Gasteiger partial charge in [0.25, 0.3) is 0 Å². The first-order valence-electron chi connectivity index (χ1n) is 7.05. The molecule has 0 fully saturated rings. The van der Waals surface area contributed by atoms with E-state index in [1.54, 1.807) is 19.5 Å². The Hall–Kier alpha value is -1.40. The number of pyridine rings is 1. The summed E-state index contributed by atoms with van der Waals surface area (Å²) in [6, 6.07) is 4.07. The topological polar surface area (TPSA) is 52.0 Å². The van der Waals surface area contributed by atoms with Gasteiger partial charge in [-0.1, -0.05) is 6.92 Å². The van der Waals surface area contributed by atoms with Crippen LogP contribution >= 0.6 is 15.9 Å². The molecule has 21 heavy (non-hydrogen) atoms. The van der Waals surface area contributed by atoms with E-state index in [1.165, 1.54) is 0 Å². The van der Waals surface area contributed by atoms with Crippen LogP contribution in [0.3, 0.4) is 0 Å². The first-order valence-corrected chi connectivity index (χ1v) is 7.84. The van der Waals surface area contributed by atoms with Crippen molar-refractivity contribution in [2.75, 3.05) is 13.7 Å². The molecule has 0 spiro atoms.